The third-order valence-electron chi connectivity index (χ3n) is 2.53. The molecule has 3 N–H and O–H groups in total. The van der Waals surface area contributed by atoms with Crippen LogP contribution in [0.4, 0.5) is 15.8 Å². The van der Waals surface area contributed by atoms with E-state index in [9.17, 15) is 4.39 Å². The fourth-order valence-electron chi connectivity index (χ4n) is 1.66. The number of anilines is 2. The number of thiazole rings is 1. The fraction of sp³-hybridized carbons (Fsp3) is 0.308. The van der Waals surface area contributed by atoms with Gasteiger partial charge in [-0.15, -0.1) is 11.3 Å². The van der Waals surface area contributed by atoms with E-state index < -0.39 is 5.82 Å². The summed E-state index contributed by atoms with van der Waals surface area (Å²) in [7, 11) is 0. The van der Waals surface area contributed by atoms with Gasteiger partial charge < -0.3 is 15.8 Å². The average Bonchev–Trinajstić information content (AvgIpc) is 2.77. The van der Waals surface area contributed by atoms with Gasteiger partial charge in [0.15, 0.2) is 11.6 Å². The molecule has 0 atom stereocenters. The minimum absolute atomic E-state index is 0.208. The Morgan fingerprint density at radius 1 is 1.47 bits per heavy atom. The van der Waals surface area contributed by atoms with E-state index in [0.717, 1.165) is 9.88 Å². The van der Waals surface area contributed by atoms with Crippen LogP contribution < -0.4 is 15.8 Å². The normalized spacial score (nSPS) is 10.5. The molecule has 0 amide bonds. The highest BCUT2D eigenvalue weighted by molar-refractivity contribution is 7.11. The lowest BCUT2D eigenvalue weighted by Gasteiger charge is -2.11. The van der Waals surface area contributed by atoms with Gasteiger partial charge in [-0.25, -0.2) is 9.37 Å². The van der Waals surface area contributed by atoms with Crippen molar-refractivity contribution in [1.82, 2.24) is 4.98 Å². The monoisotopic (exact) mass is 281 g/mol. The molecule has 4 nitrogen and oxygen atoms in total. The number of rotatable bonds is 5. The topological polar surface area (TPSA) is 60.2 Å². The maximum absolute atomic E-state index is 13.5. The molecule has 0 aliphatic carbocycles. The molecule has 0 saturated carbocycles. The van der Waals surface area contributed by atoms with Crippen molar-refractivity contribution in [2.24, 2.45) is 0 Å². The van der Waals surface area contributed by atoms with Gasteiger partial charge in [-0.3, -0.25) is 0 Å². The zero-order valence-electron chi connectivity index (χ0n) is 10.9. The maximum Gasteiger partial charge on any atom is 0.167 e. The Morgan fingerprint density at radius 2 is 2.26 bits per heavy atom. The summed E-state index contributed by atoms with van der Waals surface area (Å²) in [5, 5.41) is 4.18. The molecule has 2 rings (SSSR count). The van der Waals surface area contributed by atoms with Crippen LogP contribution in [0, 0.1) is 12.7 Å². The van der Waals surface area contributed by atoms with Gasteiger partial charge in [0.05, 0.1) is 29.5 Å². The second-order valence-corrected chi connectivity index (χ2v) is 5.32. The van der Waals surface area contributed by atoms with Crippen LogP contribution in [-0.4, -0.2) is 11.6 Å². The quantitative estimate of drug-likeness (QED) is 0.826. The predicted octanol–water partition coefficient (Wildman–Crippen LogP) is 3.18. The molecule has 1 heterocycles. The Kier molecular flexibility index (Phi) is 4.21. The highest BCUT2D eigenvalue weighted by Gasteiger charge is 2.09. The van der Waals surface area contributed by atoms with Crippen LogP contribution in [0.3, 0.4) is 0 Å². The summed E-state index contributed by atoms with van der Waals surface area (Å²) in [6.07, 6.45) is 1.82. The molecule has 0 radical (unpaired) electrons. The number of nitrogen functional groups attached to an aromatic ring is 1. The van der Waals surface area contributed by atoms with Crippen LogP contribution in [0.2, 0.25) is 0 Å². The number of nitrogens with zero attached hydrogens (tertiary/aromatic N) is 1. The summed E-state index contributed by atoms with van der Waals surface area (Å²) in [6.45, 7) is 4.78. The molecule has 0 aliphatic heterocycles. The van der Waals surface area contributed by atoms with Crippen LogP contribution in [-0.2, 0) is 6.54 Å². The third kappa shape index (κ3) is 3.35. The van der Waals surface area contributed by atoms with Crippen LogP contribution in [0.1, 0.15) is 16.8 Å². The lowest BCUT2D eigenvalue weighted by Crippen LogP contribution is -2.04. The lowest BCUT2D eigenvalue weighted by molar-refractivity contribution is 0.322. The van der Waals surface area contributed by atoms with Gasteiger partial charge in [-0.2, -0.15) is 0 Å². The van der Waals surface area contributed by atoms with E-state index in [1.165, 1.54) is 6.07 Å². The molecule has 0 fully saturated rings. The van der Waals surface area contributed by atoms with Crippen molar-refractivity contribution in [2.45, 2.75) is 20.4 Å². The largest absolute Gasteiger partial charge is 0.491 e. The van der Waals surface area contributed by atoms with Crippen molar-refractivity contribution in [1.29, 1.82) is 0 Å². The molecule has 6 heteroatoms. The number of halogens is 1. The Morgan fingerprint density at radius 3 is 2.89 bits per heavy atom. The van der Waals surface area contributed by atoms with E-state index in [2.05, 4.69) is 10.3 Å². The predicted molar refractivity (Wildman–Crippen MR) is 76.2 cm³/mol. The van der Waals surface area contributed by atoms with Crippen molar-refractivity contribution < 1.29 is 9.13 Å². The number of hydrogen-bond acceptors (Lipinski definition) is 5. The first-order valence-corrected chi connectivity index (χ1v) is 6.78. The van der Waals surface area contributed by atoms with Crippen molar-refractivity contribution in [3.05, 3.63) is 34.0 Å². The van der Waals surface area contributed by atoms with Crippen LogP contribution in [0.25, 0.3) is 0 Å². The molecule has 0 bridgehead atoms. The molecule has 0 unspecified atom stereocenters. The van der Waals surface area contributed by atoms with Gasteiger partial charge in [-0.1, -0.05) is 0 Å². The van der Waals surface area contributed by atoms with Gasteiger partial charge in [0.1, 0.15) is 0 Å². The molecular weight excluding hydrogens is 265 g/mol. The van der Waals surface area contributed by atoms with Gasteiger partial charge >= 0.3 is 0 Å². The zero-order chi connectivity index (χ0) is 13.8. The summed E-state index contributed by atoms with van der Waals surface area (Å²) >= 11 is 1.61. The number of aromatic nitrogens is 1. The van der Waals surface area contributed by atoms with Gasteiger partial charge in [0.2, 0.25) is 0 Å². The van der Waals surface area contributed by atoms with Crippen molar-refractivity contribution in [3.63, 3.8) is 0 Å². The highest BCUT2D eigenvalue weighted by atomic mass is 32.1. The van der Waals surface area contributed by atoms with E-state index in [-0.39, 0.29) is 5.75 Å². The summed E-state index contributed by atoms with van der Waals surface area (Å²) in [5.41, 5.74) is 6.81. The minimum Gasteiger partial charge on any atom is -0.491 e. The first kappa shape index (κ1) is 13.6. The first-order valence-electron chi connectivity index (χ1n) is 5.97. The summed E-state index contributed by atoms with van der Waals surface area (Å²) < 4.78 is 18.8. The molecule has 0 spiro atoms. The fourth-order valence-corrected chi connectivity index (χ4v) is 2.39. The zero-order valence-corrected chi connectivity index (χ0v) is 11.7. The average molecular weight is 281 g/mol. The molecule has 2 aromatic rings. The number of ether oxygens (including phenoxy) is 1. The number of nitrogens with two attached hydrogens (primary N) is 1. The first-order chi connectivity index (χ1) is 9.10. The Hall–Kier alpha value is -1.82. The van der Waals surface area contributed by atoms with E-state index >= 15 is 0 Å². The van der Waals surface area contributed by atoms with Crippen LogP contribution in [0.15, 0.2) is 18.3 Å². The van der Waals surface area contributed by atoms with Gasteiger partial charge in [-0.05, 0) is 13.8 Å². The SMILES string of the molecule is CCOc1cc(NCc2cnc(C)s2)c(N)cc1F. The molecule has 19 heavy (non-hydrogen) atoms. The van der Waals surface area contributed by atoms with E-state index in [4.69, 9.17) is 10.5 Å². The molecule has 102 valence electrons. The maximum atomic E-state index is 13.5. The second kappa shape index (κ2) is 5.88. The van der Waals surface area contributed by atoms with Gasteiger partial charge in [0.25, 0.3) is 0 Å². The molecule has 1 aromatic carbocycles. The van der Waals surface area contributed by atoms with Crippen molar-refractivity contribution >= 4 is 22.7 Å². The lowest BCUT2D eigenvalue weighted by atomic mass is 10.2. The van der Waals surface area contributed by atoms with Crippen molar-refractivity contribution in [2.75, 3.05) is 17.7 Å². The van der Waals surface area contributed by atoms with Gasteiger partial charge in [0, 0.05) is 23.2 Å². The molecular formula is C13H16FN3OS. The van der Waals surface area contributed by atoms with E-state index in [0.29, 0.717) is 24.5 Å². The standard InChI is InChI=1S/C13H16FN3OS/c1-3-18-13-5-12(11(15)4-10(13)14)17-7-9-6-16-8(2)19-9/h4-6,17H,3,7,15H2,1-2H3. The van der Waals surface area contributed by atoms with E-state index in [1.54, 1.807) is 17.4 Å². The smallest absolute Gasteiger partial charge is 0.167 e. The van der Waals surface area contributed by atoms with Crippen LogP contribution in [0.5, 0.6) is 5.75 Å². The minimum atomic E-state index is -0.446. The molecule has 0 saturated heterocycles. The van der Waals surface area contributed by atoms with Crippen molar-refractivity contribution in [3.8, 4) is 5.75 Å². The number of aryl methyl sites for hydroxylation is 1. The van der Waals surface area contributed by atoms with Crippen LogP contribution >= 0.6 is 11.3 Å². The second-order valence-electron chi connectivity index (χ2n) is 4.00. The highest BCUT2D eigenvalue weighted by Crippen LogP contribution is 2.29. The number of nitrogens with one attached hydrogen (secondary N) is 1. The number of hydrogen-bond donors (Lipinski definition) is 2. The Balaban J connectivity index is 2.13. The number of benzene rings is 1. The summed E-state index contributed by atoms with van der Waals surface area (Å²) in [4.78, 5) is 5.27. The molecule has 0 aliphatic rings. The molecule has 1 aromatic heterocycles. The Bertz CT molecular complexity index is 571. The summed E-state index contributed by atoms with van der Waals surface area (Å²) in [6, 6.07) is 2.85. The van der Waals surface area contributed by atoms with E-state index in [1.807, 2.05) is 20.0 Å². The summed E-state index contributed by atoms with van der Waals surface area (Å²) in [5.74, 6) is -0.238. The third-order valence-corrected chi connectivity index (χ3v) is 3.44. The Labute approximate surface area is 115 Å².